The Morgan fingerprint density at radius 2 is 1.12 bits per heavy atom. The molecule has 0 fully saturated rings. The highest BCUT2D eigenvalue weighted by molar-refractivity contribution is 6.22. The normalized spacial score (nSPS) is 17.1. The van der Waals surface area contributed by atoms with Crippen LogP contribution in [-0.2, 0) is 0 Å². The van der Waals surface area contributed by atoms with Gasteiger partial charge in [-0.1, -0.05) is 127 Å². The lowest BCUT2D eigenvalue weighted by Crippen LogP contribution is -1.99. The number of imidazole rings is 1. The Kier molecular flexibility index (Phi) is 2.96. The number of nitrogens with zero attached hydrogens (tertiary/aromatic N) is 2. The molecule has 0 N–H and O–H groups in total. The van der Waals surface area contributed by atoms with Crippen molar-refractivity contribution < 1.29 is 23.3 Å². The SMILES string of the molecule is [2H]c1c([2H])c([2H])c(-c2c3c([2H])c([2H])c([2H])c([2H])c3c(-c3c([2H])c([2H])c([2H])c([2H])c3[2H])c3c([2H])c(-c4ccccc4-n4c(C)nc5ccccc54)c([2H])c([2H])c23)c([2H])c1[2H]. The van der Waals surface area contributed by atoms with Crippen LogP contribution in [0.15, 0.2) is 151 Å². The molecule has 8 rings (SSSR count). The van der Waals surface area contributed by atoms with Crippen LogP contribution in [0.25, 0.3) is 71.6 Å². The molecule has 0 bridgehead atoms. The van der Waals surface area contributed by atoms with Crippen LogP contribution in [0, 0.1) is 6.92 Å². The summed E-state index contributed by atoms with van der Waals surface area (Å²) in [5, 5.41) is -1.89. The second-order valence-corrected chi connectivity index (χ2v) is 9.50. The summed E-state index contributed by atoms with van der Waals surface area (Å²) in [5.41, 5.74) is -0.328. The Balaban J connectivity index is 1.73. The van der Waals surface area contributed by atoms with Crippen molar-refractivity contribution in [2.45, 2.75) is 6.92 Å². The Morgan fingerprint density at radius 1 is 0.548 bits per heavy atom. The van der Waals surface area contributed by atoms with Gasteiger partial charge in [-0.2, -0.15) is 0 Å². The first-order valence-corrected chi connectivity index (χ1v) is 13.0. The van der Waals surface area contributed by atoms with Gasteiger partial charge >= 0.3 is 0 Å². The lowest BCUT2D eigenvalue weighted by atomic mass is 9.85. The van der Waals surface area contributed by atoms with Gasteiger partial charge < -0.3 is 0 Å². The summed E-state index contributed by atoms with van der Waals surface area (Å²) >= 11 is 0. The van der Waals surface area contributed by atoms with Crippen LogP contribution in [0.4, 0.5) is 0 Å². The number of hydrogen-bond acceptors (Lipinski definition) is 1. The van der Waals surface area contributed by atoms with Crippen molar-refractivity contribution in [2.24, 2.45) is 0 Å². The third kappa shape index (κ3) is 3.84. The molecule has 0 unspecified atom stereocenters. The summed E-state index contributed by atoms with van der Waals surface area (Å²) in [4.78, 5) is 4.67. The van der Waals surface area contributed by atoms with Gasteiger partial charge in [0.25, 0.3) is 0 Å². The highest BCUT2D eigenvalue weighted by atomic mass is 15.1. The zero-order valence-electron chi connectivity index (χ0n) is 39.0. The zero-order valence-corrected chi connectivity index (χ0v) is 22.0. The Morgan fingerprint density at radius 3 is 1.83 bits per heavy atom. The van der Waals surface area contributed by atoms with E-state index >= 15 is 0 Å². The fraction of sp³-hybridized carbons (Fsp3) is 0.0250. The molecule has 2 heteroatoms. The highest BCUT2D eigenvalue weighted by Gasteiger charge is 2.19. The first kappa shape index (κ1) is 12.6. The van der Waals surface area contributed by atoms with Crippen molar-refractivity contribution in [2.75, 3.05) is 0 Å². The average Bonchev–Trinajstić information content (AvgIpc) is 3.56. The largest absolute Gasteiger partial charge is 0.296 e. The summed E-state index contributed by atoms with van der Waals surface area (Å²) in [6.45, 7) is 1.76. The van der Waals surface area contributed by atoms with Crippen LogP contribution < -0.4 is 0 Å². The van der Waals surface area contributed by atoms with Crippen LogP contribution >= 0.6 is 0 Å². The number of hydrogen-bond donors (Lipinski definition) is 0. The van der Waals surface area contributed by atoms with Crippen molar-refractivity contribution in [3.8, 4) is 39.1 Å². The van der Waals surface area contributed by atoms with E-state index in [4.69, 9.17) is 16.4 Å². The first-order chi connectivity index (χ1) is 27.8. The number of fused-ring (bicyclic) bond motifs is 3. The van der Waals surface area contributed by atoms with E-state index in [0.29, 0.717) is 22.5 Å². The number of aromatic nitrogens is 2. The van der Waals surface area contributed by atoms with Gasteiger partial charge in [0.2, 0.25) is 0 Å². The molecule has 1 aromatic heterocycles. The molecule has 0 amide bonds. The second kappa shape index (κ2) is 9.87. The molecule has 0 aliphatic carbocycles. The summed E-state index contributed by atoms with van der Waals surface area (Å²) in [6.07, 6.45) is 0. The van der Waals surface area contributed by atoms with Crippen molar-refractivity contribution in [3.05, 3.63) is 157 Å². The number of benzene rings is 7. The molecule has 0 aliphatic rings. The molecular weight excluding hydrogens is 508 g/mol. The summed E-state index contributed by atoms with van der Waals surface area (Å²) < 4.78 is 154. The van der Waals surface area contributed by atoms with Crippen molar-refractivity contribution >= 4 is 32.6 Å². The quantitative estimate of drug-likeness (QED) is 0.198. The molecule has 0 spiro atoms. The monoisotopic (exact) mass is 553 g/mol. The molecule has 8 aromatic rings. The minimum Gasteiger partial charge on any atom is -0.296 e. The lowest BCUT2D eigenvalue weighted by molar-refractivity contribution is 1.00. The minimum atomic E-state index is -0.820. The Hall–Kier alpha value is -5.47. The van der Waals surface area contributed by atoms with E-state index in [-0.39, 0.29) is 11.1 Å². The molecule has 0 atom stereocenters. The molecule has 0 radical (unpaired) electrons. The van der Waals surface area contributed by atoms with Crippen LogP contribution in [0.5, 0.6) is 0 Å². The first-order valence-electron chi connectivity index (χ1n) is 21.5. The van der Waals surface area contributed by atoms with Crippen molar-refractivity contribution in [1.82, 2.24) is 9.55 Å². The van der Waals surface area contributed by atoms with Gasteiger partial charge in [-0.05, 0) is 80.5 Å². The molecule has 1 heterocycles. The summed E-state index contributed by atoms with van der Waals surface area (Å²) in [6, 6.07) is 0.887. The van der Waals surface area contributed by atoms with E-state index in [9.17, 15) is 6.85 Å². The van der Waals surface area contributed by atoms with Gasteiger partial charge in [0.05, 0.1) is 40.0 Å². The third-order valence-corrected chi connectivity index (χ3v) is 7.14. The molecule has 0 saturated heterocycles. The van der Waals surface area contributed by atoms with Crippen LogP contribution in [0.3, 0.4) is 0 Å². The molecular formula is C40H28N2. The van der Waals surface area contributed by atoms with E-state index in [1.54, 1.807) is 35.8 Å². The number of para-hydroxylation sites is 3. The van der Waals surface area contributed by atoms with E-state index < -0.39 is 147 Å². The maximum atomic E-state index is 10.0. The second-order valence-electron chi connectivity index (χ2n) is 9.50. The zero-order chi connectivity index (χ0) is 42.8. The van der Waals surface area contributed by atoms with Crippen LogP contribution in [-0.4, -0.2) is 9.55 Å². The van der Waals surface area contributed by atoms with Crippen LogP contribution in [0.2, 0.25) is 0 Å². The lowest BCUT2D eigenvalue weighted by Gasteiger charge is -2.19. The standard InChI is InChI=1S/C40H28N2/c1-27-41-36-21-11-13-23-38(36)42(27)37-22-12-10-18-31(37)30-24-25-34-35(26-30)40(29-16-6-3-7-17-29)33-20-9-8-19-32(33)39(34)28-14-4-2-5-15-28/h2-26H,1H3/i2D,3D,4D,5D,6D,7D,8D,9D,14D,15D,16D,17D,19D,20D,24D,25D,26D. The van der Waals surface area contributed by atoms with Gasteiger partial charge in [0.1, 0.15) is 5.82 Å². The highest BCUT2D eigenvalue weighted by Crippen LogP contribution is 2.45. The molecule has 0 saturated carbocycles. The fourth-order valence-corrected chi connectivity index (χ4v) is 5.43. The molecule has 0 aliphatic heterocycles. The average molecular weight is 554 g/mol. The molecule has 2 nitrogen and oxygen atoms in total. The predicted octanol–water partition coefficient (Wildman–Crippen LogP) is 10.6. The molecule has 42 heavy (non-hydrogen) atoms. The van der Waals surface area contributed by atoms with Gasteiger partial charge in [-0.3, -0.25) is 4.57 Å². The summed E-state index contributed by atoms with van der Waals surface area (Å²) in [7, 11) is 0. The third-order valence-electron chi connectivity index (χ3n) is 7.14. The smallest absolute Gasteiger partial charge is 0.111 e. The number of rotatable bonds is 4. The Labute approximate surface area is 269 Å². The van der Waals surface area contributed by atoms with Crippen molar-refractivity contribution in [1.29, 1.82) is 0 Å². The summed E-state index contributed by atoms with van der Waals surface area (Å²) in [5.74, 6) is 0.536. The molecule has 7 aromatic carbocycles. The molecule has 198 valence electrons. The minimum absolute atomic E-state index is 0.184. The maximum absolute atomic E-state index is 10.0. The van der Waals surface area contributed by atoms with E-state index in [0.717, 1.165) is 0 Å². The maximum Gasteiger partial charge on any atom is 0.111 e. The van der Waals surface area contributed by atoms with Crippen molar-refractivity contribution in [3.63, 3.8) is 0 Å². The fourth-order valence-electron chi connectivity index (χ4n) is 5.43. The van der Waals surface area contributed by atoms with E-state index in [1.807, 2.05) is 24.3 Å². The van der Waals surface area contributed by atoms with Crippen LogP contribution in [0.1, 0.15) is 29.1 Å². The van der Waals surface area contributed by atoms with E-state index in [2.05, 4.69) is 4.98 Å². The Bertz CT molecular complexity index is 3150. The topological polar surface area (TPSA) is 17.8 Å². The van der Waals surface area contributed by atoms with Gasteiger partial charge in [0.15, 0.2) is 0 Å². The van der Waals surface area contributed by atoms with Gasteiger partial charge in [0, 0.05) is 5.56 Å². The predicted molar refractivity (Wildman–Crippen MR) is 177 cm³/mol. The van der Waals surface area contributed by atoms with Gasteiger partial charge in [-0.25, -0.2) is 4.98 Å². The van der Waals surface area contributed by atoms with Gasteiger partial charge in [-0.15, -0.1) is 0 Å². The number of aryl methyl sites for hydroxylation is 1. The van der Waals surface area contributed by atoms with E-state index in [1.165, 1.54) is 0 Å².